The third kappa shape index (κ3) is 10.7. The molecule has 482 valence electrons. The predicted octanol–water partition coefficient (Wildman–Crippen LogP) is -2.59. The van der Waals surface area contributed by atoms with Gasteiger partial charge in [-0.1, -0.05) is 59.6 Å². The predicted molar refractivity (Wildman–Crippen MR) is 284 cm³/mol. The summed E-state index contributed by atoms with van der Waals surface area (Å²) >= 11 is 0. The van der Waals surface area contributed by atoms with E-state index in [9.17, 15) is 76.3 Å². The van der Waals surface area contributed by atoms with Crippen LogP contribution < -0.4 is 0 Å². The van der Waals surface area contributed by atoms with Crippen LogP contribution in [0.15, 0.2) is 11.1 Å². The SMILES string of the molecule is CCC(=O)C1CC(C)C2(CCC3(C)C4=C(CCC32C)C2(C)CCC(OC3OC(COC5OCC(O)C(O)C5OC5OC(CO)C(O)C(OC6OC(CO)C(O)C(O)C6O)C5OC5OC(C)C(O)C(O)C5O)C(O)C(O)C3O)C(C)(C)C2CC4)O1. The number of carbonyl (C=O) groups is 1. The van der Waals surface area contributed by atoms with Gasteiger partial charge in [0.2, 0.25) is 0 Å². The molecule has 26 heteroatoms. The molecule has 1 spiro atoms. The molecule has 32 unspecified atom stereocenters. The Labute approximate surface area is 488 Å². The van der Waals surface area contributed by atoms with Crippen molar-refractivity contribution in [2.45, 2.75) is 285 Å². The molecule has 0 aromatic carbocycles. The third-order valence-corrected chi connectivity index (χ3v) is 22.4. The van der Waals surface area contributed by atoms with Crippen LogP contribution >= 0.6 is 0 Å². The monoisotopic (exact) mass is 1210 g/mol. The Morgan fingerprint density at radius 2 is 1.13 bits per heavy atom. The Bertz CT molecular complexity index is 2330. The van der Waals surface area contributed by atoms with E-state index >= 15 is 0 Å². The van der Waals surface area contributed by atoms with Crippen molar-refractivity contribution in [3.63, 3.8) is 0 Å². The number of hydrogen-bond donors (Lipinski definition) is 14. The second-order valence-electron chi connectivity index (χ2n) is 27.1. The summed E-state index contributed by atoms with van der Waals surface area (Å²) in [7, 11) is 0. The average molecular weight is 1210 g/mol. The summed E-state index contributed by atoms with van der Waals surface area (Å²) in [6.07, 6.45) is -35.1. The van der Waals surface area contributed by atoms with Gasteiger partial charge in [0.15, 0.2) is 37.2 Å². The van der Waals surface area contributed by atoms with E-state index in [0.29, 0.717) is 12.8 Å². The fourth-order valence-electron chi connectivity index (χ4n) is 17.1. The minimum Gasteiger partial charge on any atom is -0.394 e. The number of rotatable bonds is 15. The van der Waals surface area contributed by atoms with E-state index in [-0.39, 0.29) is 45.6 Å². The van der Waals surface area contributed by atoms with Crippen LogP contribution in [-0.2, 0) is 56.9 Å². The zero-order valence-electron chi connectivity index (χ0n) is 49.2. The number of fused-ring (bicyclic) bond motifs is 5. The van der Waals surface area contributed by atoms with Gasteiger partial charge < -0.3 is 124 Å². The minimum atomic E-state index is -2.04. The van der Waals surface area contributed by atoms with Crippen LogP contribution in [0.1, 0.15) is 120 Å². The van der Waals surface area contributed by atoms with E-state index in [1.807, 2.05) is 6.92 Å². The van der Waals surface area contributed by atoms with Crippen molar-refractivity contribution in [1.29, 1.82) is 0 Å². The van der Waals surface area contributed by atoms with Gasteiger partial charge in [0.05, 0.1) is 44.2 Å². The summed E-state index contributed by atoms with van der Waals surface area (Å²) in [5.41, 5.74) is 1.76. The molecule has 0 bridgehead atoms. The lowest BCUT2D eigenvalue weighted by Gasteiger charge is -2.63. The summed E-state index contributed by atoms with van der Waals surface area (Å²) in [5.74, 6) is 0.583. The number of allylic oxidation sites excluding steroid dienone is 2. The number of aliphatic hydroxyl groups excluding tert-OH is 14. The van der Waals surface area contributed by atoms with Crippen LogP contribution in [0.2, 0.25) is 0 Å². The van der Waals surface area contributed by atoms with Crippen molar-refractivity contribution in [1.82, 2.24) is 0 Å². The Morgan fingerprint density at radius 3 is 1.79 bits per heavy atom. The lowest BCUT2D eigenvalue weighted by molar-refractivity contribution is -0.406. The van der Waals surface area contributed by atoms with Crippen LogP contribution in [0.25, 0.3) is 0 Å². The molecule has 2 saturated carbocycles. The number of hydrogen-bond acceptors (Lipinski definition) is 26. The van der Waals surface area contributed by atoms with Gasteiger partial charge in [-0.15, -0.1) is 0 Å². The maximum Gasteiger partial charge on any atom is 0.187 e. The summed E-state index contributed by atoms with van der Waals surface area (Å²) in [6.45, 7) is 14.1. The second-order valence-corrected chi connectivity index (χ2v) is 27.1. The molecule has 32 atom stereocenters. The van der Waals surface area contributed by atoms with Crippen LogP contribution in [0.5, 0.6) is 0 Å². The first-order chi connectivity index (χ1) is 39.5. The van der Waals surface area contributed by atoms with Gasteiger partial charge in [0.1, 0.15) is 116 Å². The molecule has 6 heterocycles. The van der Waals surface area contributed by atoms with Gasteiger partial charge in [-0.05, 0) is 92.8 Å². The fourth-order valence-corrected chi connectivity index (χ4v) is 17.1. The zero-order chi connectivity index (χ0) is 61.1. The fraction of sp³-hybridized carbons (Fsp3) is 0.948. The molecule has 6 saturated heterocycles. The lowest BCUT2D eigenvalue weighted by atomic mass is 9.43. The van der Waals surface area contributed by atoms with Crippen molar-refractivity contribution in [2.24, 2.45) is 33.5 Å². The van der Waals surface area contributed by atoms with E-state index in [2.05, 4.69) is 41.5 Å². The number of aliphatic hydroxyl groups is 14. The first-order valence-corrected chi connectivity index (χ1v) is 30.3. The van der Waals surface area contributed by atoms with Gasteiger partial charge in [0, 0.05) is 11.8 Å². The molecule has 26 nitrogen and oxygen atoms in total. The van der Waals surface area contributed by atoms with E-state index in [1.165, 1.54) is 18.1 Å². The molecule has 4 aliphatic carbocycles. The summed E-state index contributed by atoms with van der Waals surface area (Å²) in [4.78, 5) is 13.0. The number of carbonyl (C=O) groups excluding carboxylic acids is 1. The molecule has 0 aromatic heterocycles. The van der Waals surface area contributed by atoms with Crippen molar-refractivity contribution in [2.75, 3.05) is 26.4 Å². The van der Waals surface area contributed by atoms with Crippen molar-refractivity contribution >= 4 is 5.78 Å². The molecule has 6 aliphatic heterocycles. The molecule has 0 aromatic rings. The highest BCUT2D eigenvalue weighted by Gasteiger charge is 2.72. The Balaban J connectivity index is 0.850. The molecule has 0 amide bonds. The molecular formula is C58H94O26. The molecule has 8 fully saturated rings. The molecule has 10 aliphatic rings. The van der Waals surface area contributed by atoms with Gasteiger partial charge in [0.25, 0.3) is 0 Å². The van der Waals surface area contributed by atoms with E-state index < -0.39 is 185 Å². The minimum absolute atomic E-state index is 0.110. The van der Waals surface area contributed by atoms with Gasteiger partial charge in [-0.2, -0.15) is 0 Å². The normalized spacial score (nSPS) is 54.0. The highest BCUT2D eigenvalue weighted by atomic mass is 16.8. The summed E-state index contributed by atoms with van der Waals surface area (Å²) in [5, 5.41) is 153. The standard InChI is InChI=1S/C58H94O26/c1-9-27(61)29-18-23(2)58(84-29)17-16-56(7)26-10-11-33-54(4,5)34(13-14-55(33,6)25(26)12-15-57(56,58)8)80-50-44(72)42(70)38(66)32(79-50)22-75-52-47(36(64)28(62)21-74-52)82-53-48(83-49-43(71)40(68)35(63)24(3)76-49)46(39(67)31(20-60)78-53)81-51-45(73)41(69)37(65)30(19-59)77-51/h23-24,28-53,59-60,62-73H,9-22H2,1-8H3. The van der Waals surface area contributed by atoms with Crippen molar-refractivity contribution in [3.05, 3.63) is 11.1 Å². The summed E-state index contributed by atoms with van der Waals surface area (Å²) < 4.78 is 67.5. The van der Waals surface area contributed by atoms with Crippen LogP contribution in [0, 0.1) is 33.5 Å². The quantitative estimate of drug-likeness (QED) is 0.0748. The molecular weight excluding hydrogens is 1110 g/mol. The Hall–Kier alpha value is -1.59. The Morgan fingerprint density at radius 1 is 0.560 bits per heavy atom. The maximum atomic E-state index is 13.0. The number of ether oxygens (including phenoxy) is 11. The van der Waals surface area contributed by atoms with Gasteiger partial charge >= 0.3 is 0 Å². The Kier molecular flexibility index (Phi) is 19.1. The van der Waals surface area contributed by atoms with Crippen molar-refractivity contribution < 1.29 is 128 Å². The number of Topliss-reactive ketones (excluding diaryl/α,β-unsaturated/α-hetero) is 1. The smallest absolute Gasteiger partial charge is 0.187 e. The largest absolute Gasteiger partial charge is 0.394 e. The molecule has 14 N–H and O–H groups in total. The van der Waals surface area contributed by atoms with Crippen LogP contribution in [0.3, 0.4) is 0 Å². The van der Waals surface area contributed by atoms with Gasteiger partial charge in [-0.3, -0.25) is 4.79 Å². The number of ketones is 1. The average Bonchev–Trinajstić information content (AvgIpc) is 1.45. The first-order valence-electron chi connectivity index (χ1n) is 30.3. The van der Waals surface area contributed by atoms with Crippen LogP contribution in [-0.4, -0.2) is 269 Å². The highest BCUT2D eigenvalue weighted by molar-refractivity contribution is 5.83. The van der Waals surface area contributed by atoms with E-state index in [1.54, 1.807) is 0 Å². The first kappa shape index (κ1) is 65.4. The summed E-state index contributed by atoms with van der Waals surface area (Å²) in [6, 6.07) is 0. The zero-order valence-corrected chi connectivity index (χ0v) is 49.2. The lowest BCUT2D eigenvalue weighted by Crippen LogP contribution is -2.68. The van der Waals surface area contributed by atoms with Gasteiger partial charge in [-0.25, -0.2) is 0 Å². The molecule has 0 radical (unpaired) electrons. The van der Waals surface area contributed by atoms with E-state index in [4.69, 9.17) is 52.1 Å². The van der Waals surface area contributed by atoms with Crippen molar-refractivity contribution in [3.8, 4) is 0 Å². The topological polar surface area (TPSA) is 402 Å². The van der Waals surface area contributed by atoms with E-state index in [0.717, 1.165) is 51.4 Å². The molecule has 10 rings (SSSR count). The third-order valence-electron chi connectivity index (χ3n) is 22.4. The highest BCUT2D eigenvalue weighted by Crippen LogP contribution is 2.75. The molecule has 84 heavy (non-hydrogen) atoms. The van der Waals surface area contributed by atoms with Crippen LogP contribution in [0.4, 0.5) is 0 Å². The maximum absolute atomic E-state index is 13.0. The second kappa shape index (κ2) is 24.6.